The summed E-state index contributed by atoms with van der Waals surface area (Å²) in [5, 5.41) is 8.42. The molecular weight excluding hydrogens is 414 g/mol. The van der Waals surface area contributed by atoms with Gasteiger partial charge in [-0.15, -0.1) is 11.3 Å². The van der Waals surface area contributed by atoms with E-state index in [4.69, 9.17) is 0 Å². The Hall–Kier alpha value is -2.97. The summed E-state index contributed by atoms with van der Waals surface area (Å²) in [5.74, 6) is 0.565. The largest absolute Gasteiger partial charge is 0.272 e. The van der Waals surface area contributed by atoms with Gasteiger partial charge in [0.25, 0.3) is 5.91 Å². The summed E-state index contributed by atoms with van der Waals surface area (Å²) in [6, 6.07) is 15.7. The van der Waals surface area contributed by atoms with Crippen LogP contribution in [0.2, 0.25) is 0 Å². The Labute approximate surface area is 183 Å². The standard InChI is InChI=1S/C22H21N5OS2/c1-14-18(15(2)27(3)26-14)12-23-25-21(28)17-10-8-16(9-11-17)13-29-22-24-19-6-4-5-7-20(19)30-22/h4-12H,13H2,1-3H3,(H,25,28)/b23-12+. The molecule has 1 amide bonds. The molecule has 0 unspecified atom stereocenters. The first-order valence-electron chi connectivity index (χ1n) is 9.42. The molecule has 30 heavy (non-hydrogen) atoms. The van der Waals surface area contributed by atoms with Crippen molar-refractivity contribution in [3.05, 3.63) is 76.6 Å². The van der Waals surface area contributed by atoms with Crippen LogP contribution in [0.5, 0.6) is 0 Å². The van der Waals surface area contributed by atoms with Crippen LogP contribution >= 0.6 is 23.1 Å². The second kappa shape index (κ2) is 8.81. The van der Waals surface area contributed by atoms with Crippen LogP contribution in [0.4, 0.5) is 0 Å². The van der Waals surface area contributed by atoms with Gasteiger partial charge in [-0.05, 0) is 43.7 Å². The van der Waals surface area contributed by atoms with Crippen molar-refractivity contribution in [3.63, 3.8) is 0 Å². The van der Waals surface area contributed by atoms with Gasteiger partial charge in [0.1, 0.15) is 0 Å². The zero-order valence-electron chi connectivity index (χ0n) is 16.9. The Bertz CT molecular complexity index is 1190. The van der Waals surface area contributed by atoms with E-state index in [1.54, 1.807) is 34.0 Å². The molecule has 8 heteroatoms. The summed E-state index contributed by atoms with van der Waals surface area (Å²) in [6.07, 6.45) is 1.64. The summed E-state index contributed by atoms with van der Waals surface area (Å²) in [5.41, 5.74) is 8.12. The second-order valence-electron chi connectivity index (χ2n) is 6.84. The first kappa shape index (κ1) is 20.3. The minimum absolute atomic E-state index is 0.240. The molecule has 2 heterocycles. The monoisotopic (exact) mass is 435 g/mol. The third-order valence-electron chi connectivity index (χ3n) is 4.78. The van der Waals surface area contributed by atoms with Gasteiger partial charge in [-0.3, -0.25) is 9.48 Å². The molecule has 0 aliphatic carbocycles. The van der Waals surface area contributed by atoms with Crippen LogP contribution in [0, 0.1) is 13.8 Å². The molecule has 1 N–H and O–H groups in total. The number of thioether (sulfide) groups is 1. The topological polar surface area (TPSA) is 72.2 Å². The molecule has 2 aromatic heterocycles. The highest BCUT2D eigenvalue weighted by Crippen LogP contribution is 2.31. The van der Waals surface area contributed by atoms with E-state index < -0.39 is 0 Å². The average molecular weight is 436 g/mol. The zero-order chi connectivity index (χ0) is 21.1. The quantitative estimate of drug-likeness (QED) is 0.271. The van der Waals surface area contributed by atoms with Crippen LogP contribution in [0.1, 0.15) is 32.9 Å². The van der Waals surface area contributed by atoms with E-state index in [9.17, 15) is 4.79 Å². The van der Waals surface area contributed by atoms with Crippen LogP contribution in [-0.2, 0) is 12.8 Å². The number of nitrogens with one attached hydrogen (secondary N) is 1. The minimum Gasteiger partial charge on any atom is -0.272 e. The highest BCUT2D eigenvalue weighted by molar-refractivity contribution is 8.00. The molecular formula is C22H21N5OS2. The number of hydrazone groups is 1. The molecule has 2 aromatic carbocycles. The number of para-hydroxylation sites is 1. The molecule has 0 saturated carbocycles. The first-order chi connectivity index (χ1) is 14.5. The molecule has 152 valence electrons. The number of carbonyl (C=O) groups excluding carboxylic acids is 1. The number of amides is 1. The van der Waals surface area contributed by atoms with Gasteiger partial charge in [0.2, 0.25) is 0 Å². The van der Waals surface area contributed by atoms with Gasteiger partial charge in [-0.2, -0.15) is 10.2 Å². The fourth-order valence-electron chi connectivity index (χ4n) is 3.01. The normalized spacial score (nSPS) is 11.4. The van der Waals surface area contributed by atoms with E-state index in [1.807, 2.05) is 63.4 Å². The predicted molar refractivity (Wildman–Crippen MR) is 123 cm³/mol. The Balaban J connectivity index is 1.34. The fraction of sp³-hybridized carbons (Fsp3) is 0.182. The van der Waals surface area contributed by atoms with Gasteiger partial charge < -0.3 is 0 Å². The molecule has 0 fully saturated rings. The van der Waals surface area contributed by atoms with E-state index in [2.05, 4.69) is 26.7 Å². The van der Waals surface area contributed by atoms with Crippen molar-refractivity contribution in [2.45, 2.75) is 23.9 Å². The molecule has 0 spiro atoms. The van der Waals surface area contributed by atoms with Gasteiger partial charge in [0, 0.05) is 29.6 Å². The summed E-state index contributed by atoms with van der Waals surface area (Å²) >= 11 is 3.41. The van der Waals surface area contributed by atoms with Crippen LogP contribution in [-0.4, -0.2) is 26.9 Å². The van der Waals surface area contributed by atoms with Crippen LogP contribution in [0.15, 0.2) is 58.0 Å². The van der Waals surface area contributed by atoms with Gasteiger partial charge in [-0.1, -0.05) is 36.0 Å². The number of nitrogens with zero attached hydrogens (tertiary/aromatic N) is 4. The van der Waals surface area contributed by atoms with Crippen LogP contribution < -0.4 is 5.43 Å². The lowest BCUT2D eigenvalue weighted by Gasteiger charge is -2.03. The minimum atomic E-state index is -0.240. The average Bonchev–Trinajstić information content (AvgIpc) is 3.27. The first-order valence-corrected chi connectivity index (χ1v) is 11.2. The van der Waals surface area contributed by atoms with E-state index >= 15 is 0 Å². The lowest BCUT2D eigenvalue weighted by atomic mass is 10.1. The van der Waals surface area contributed by atoms with Gasteiger partial charge in [0.15, 0.2) is 4.34 Å². The maximum atomic E-state index is 12.3. The number of hydrogen-bond acceptors (Lipinski definition) is 6. The van der Waals surface area contributed by atoms with Crippen molar-refractivity contribution in [1.29, 1.82) is 0 Å². The number of thiazole rings is 1. The van der Waals surface area contributed by atoms with Gasteiger partial charge in [0.05, 0.1) is 22.1 Å². The molecule has 0 aliphatic rings. The van der Waals surface area contributed by atoms with E-state index in [0.717, 1.165) is 38.1 Å². The highest BCUT2D eigenvalue weighted by Gasteiger charge is 2.08. The van der Waals surface area contributed by atoms with Crippen LogP contribution in [0.25, 0.3) is 10.2 Å². The molecule has 0 saturated heterocycles. The lowest BCUT2D eigenvalue weighted by Crippen LogP contribution is -2.17. The smallest absolute Gasteiger partial charge is 0.271 e. The maximum absolute atomic E-state index is 12.3. The lowest BCUT2D eigenvalue weighted by molar-refractivity contribution is 0.0955. The molecule has 4 rings (SSSR count). The Kier molecular flexibility index (Phi) is 5.96. The van der Waals surface area contributed by atoms with Gasteiger partial charge in [-0.25, -0.2) is 10.4 Å². The number of rotatable bonds is 6. The third-order valence-corrected chi connectivity index (χ3v) is 7.03. The van der Waals surface area contributed by atoms with E-state index in [-0.39, 0.29) is 5.91 Å². The number of hydrogen-bond donors (Lipinski definition) is 1. The van der Waals surface area contributed by atoms with Crippen molar-refractivity contribution in [2.75, 3.05) is 0 Å². The molecule has 0 atom stereocenters. The van der Waals surface area contributed by atoms with Crippen molar-refractivity contribution in [1.82, 2.24) is 20.2 Å². The van der Waals surface area contributed by atoms with E-state index in [0.29, 0.717) is 5.56 Å². The summed E-state index contributed by atoms with van der Waals surface area (Å²) in [6.45, 7) is 3.88. The Morgan fingerprint density at radius 3 is 2.67 bits per heavy atom. The fourth-order valence-corrected chi connectivity index (χ4v) is 5.03. The highest BCUT2D eigenvalue weighted by atomic mass is 32.2. The van der Waals surface area contributed by atoms with Crippen molar-refractivity contribution >= 4 is 45.4 Å². The Morgan fingerprint density at radius 2 is 1.97 bits per heavy atom. The number of aromatic nitrogens is 3. The molecule has 0 bridgehead atoms. The molecule has 0 aliphatic heterocycles. The number of fused-ring (bicyclic) bond motifs is 1. The SMILES string of the molecule is Cc1nn(C)c(C)c1/C=N/NC(=O)c1ccc(CSc2nc3ccccc3s2)cc1. The van der Waals surface area contributed by atoms with E-state index in [1.165, 1.54) is 4.70 Å². The predicted octanol–water partition coefficient (Wildman–Crippen LogP) is 4.70. The number of benzene rings is 2. The van der Waals surface area contributed by atoms with Crippen molar-refractivity contribution in [3.8, 4) is 0 Å². The summed E-state index contributed by atoms with van der Waals surface area (Å²) in [4.78, 5) is 17.0. The summed E-state index contributed by atoms with van der Waals surface area (Å²) in [7, 11) is 1.88. The summed E-state index contributed by atoms with van der Waals surface area (Å²) < 4.78 is 4.04. The Morgan fingerprint density at radius 1 is 1.20 bits per heavy atom. The van der Waals surface area contributed by atoms with Crippen LogP contribution in [0.3, 0.4) is 0 Å². The second-order valence-corrected chi connectivity index (χ2v) is 9.09. The molecule has 6 nitrogen and oxygen atoms in total. The van der Waals surface area contributed by atoms with Crippen molar-refractivity contribution in [2.24, 2.45) is 12.1 Å². The molecule has 4 aromatic rings. The number of carbonyl (C=O) groups is 1. The maximum Gasteiger partial charge on any atom is 0.271 e. The van der Waals surface area contributed by atoms with Gasteiger partial charge >= 0.3 is 0 Å². The zero-order valence-corrected chi connectivity index (χ0v) is 18.5. The number of aryl methyl sites for hydroxylation is 2. The molecule has 0 radical (unpaired) electrons. The van der Waals surface area contributed by atoms with Crippen molar-refractivity contribution < 1.29 is 4.79 Å². The third kappa shape index (κ3) is 4.44.